The van der Waals surface area contributed by atoms with E-state index in [0.29, 0.717) is 23.7 Å². The number of hydrogen-bond acceptors (Lipinski definition) is 3. The van der Waals surface area contributed by atoms with Crippen molar-refractivity contribution in [2.75, 3.05) is 13.7 Å². The first-order valence-corrected chi connectivity index (χ1v) is 4.90. The number of ketones is 1. The highest BCUT2D eigenvalue weighted by atomic mass is 16.5. The van der Waals surface area contributed by atoms with Crippen molar-refractivity contribution >= 4 is 5.78 Å². The van der Waals surface area contributed by atoms with Gasteiger partial charge in [-0.3, -0.25) is 4.79 Å². The number of fused-ring (bicyclic) bond motifs is 1. The first kappa shape index (κ1) is 10.0. The van der Waals surface area contributed by atoms with Crippen LogP contribution in [0.15, 0.2) is 18.2 Å². The van der Waals surface area contributed by atoms with Crippen LogP contribution in [-0.2, 0) is 0 Å². The maximum absolute atomic E-state index is 12.0. The van der Waals surface area contributed by atoms with Crippen LogP contribution >= 0.6 is 0 Å². The van der Waals surface area contributed by atoms with Crippen LogP contribution in [0, 0.1) is 5.41 Å². The van der Waals surface area contributed by atoms with E-state index < -0.39 is 5.41 Å². The zero-order valence-corrected chi connectivity index (χ0v) is 9.16. The Hall–Kier alpha value is -1.51. The summed E-state index contributed by atoms with van der Waals surface area (Å²) < 4.78 is 10.6. The Morgan fingerprint density at radius 2 is 2.13 bits per heavy atom. The van der Waals surface area contributed by atoms with E-state index in [1.165, 1.54) is 0 Å². The van der Waals surface area contributed by atoms with Gasteiger partial charge in [0.15, 0.2) is 5.78 Å². The number of benzene rings is 1. The standard InChI is InChI=1S/C12H14O3/c1-12(2)7-15-10-6-8(14-3)4-5-9(10)11(12)13/h4-6H,7H2,1-3H3. The third-order valence-corrected chi connectivity index (χ3v) is 2.64. The smallest absolute Gasteiger partial charge is 0.175 e. The van der Waals surface area contributed by atoms with Gasteiger partial charge in [-0.1, -0.05) is 0 Å². The van der Waals surface area contributed by atoms with Crippen LogP contribution in [0.25, 0.3) is 0 Å². The minimum Gasteiger partial charge on any atom is -0.497 e. The van der Waals surface area contributed by atoms with Gasteiger partial charge in [-0.15, -0.1) is 0 Å². The summed E-state index contributed by atoms with van der Waals surface area (Å²) in [4.78, 5) is 12.0. The number of ether oxygens (including phenoxy) is 2. The van der Waals surface area contributed by atoms with E-state index in [-0.39, 0.29) is 5.78 Å². The Balaban J connectivity index is 2.46. The average molecular weight is 206 g/mol. The highest BCUT2D eigenvalue weighted by Gasteiger charge is 2.35. The van der Waals surface area contributed by atoms with Gasteiger partial charge in [-0.05, 0) is 26.0 Å². The van der Waals surface area contributed by atoms with Crippen LogP contribution in [0.4, 0.5) is 0 Å². The van der Waals surface area contributed by atoms with Gasteiger partial charge >= 0.3 is 0 Å². The molecule has 0 bridgehead atoms. The van der Waals surface area contributed by atoms with E-state index in [1.807, 2.05) is 13.8 Å². The Bertz CT molecular complexity index is 407. The molecular weight excluding hydrogens is 192 g/mol. The molecule has 1 aliphatic heterocycles. The molecule has 15 heavy (non-hydrogen) atoms. The van der Waals surface area contributed by atoms with Gasteiger partial charge in [0, 0.05) is 6.07 Å². The number of carbonyl (C=O) groups is 1. The summed E-state index contributed by atoms with van der Waals surface area (Å²) >= 11 is 0. The Morgan fingerprint density at radius 3 is 2.80 bits per heavy atom. The van der Waals surface area contributed by atoms with Crippen LogP contribution < -0.4 is 9.47 Å². The molecule has 3 nitrogen and oxygen atoms in total. The number of methoxy groups -OCH3 is 1. The van der Waals surface area contributed by atoms with Crippen molar-refractivity contribution < 1.29 is 14.3 Å². The summed E-state index contributed by atoms with van der Waals surface area (Å²) in [5.74, 6) is 1.46. The van der Waals surface area contributed by atoms with E-state index in [9.17, 15) is 4.79 Å². The van der Waals surface area contributed by atoms with Gasteiger partial charge in [0.05, 0.1) is 18.1 Å². The minimum absolute atomic E-state index is 0.131. The van der Waals surface area contributed by atoms with Gasteiger partial charge in [-0.2, -0.15) is 0 Å². The van der Waals surface area contributed by atoms with Crippen molar-refractivity contribution in [3.63, 3.8) is 0 Å². The molecule has 0 radical (unpaired) electrons. The van der Waals surface area contributed by atoms with Gasteiger partial charge in [-0.25, -0.2) is 0 Å². The fourth-order valence-electron chi connectivity index (χ4n) is 1.62. The zero-order valence-electron chi connectivity index (χ0n) is 9.16. The number of Topliss-reactive ketones (excluding diaryl/α,β-unsaturated/α-hetero) is 1. The fourth-order valence-corrected chi connectivity index (χ4v) is 1.62. The normalized spacial score (nSPS) is 17.9. The molecule has 1 aromatic rings. The number of hydrogen-bond donors (Lipinski definition) is 0. The third-order valence-electron chi connectivity index (χ3n) is 2.64. The quantitative estimate of drug-likeness (QED) is 0.707. The lowest BCUT2D eigenvalue weighted by Gasteiger charge is -2.29. The lowest BCUT2D eigenvalue weighted by molar-refractivity contribution is 0.0692. The second-order valence-electron chi connectivity index (χ2n) is 4.36. The Morgan fingerprint density at radius 1 is 1.40 bits per heavy atom. The largest absolute Gasteiger partial charge is 0.497 e. The van der Waals surface area contributed by atoms with Crippen molar-refractivity contribution in [2.24, 2.45) is 5.41 Å². The zero-order chi connectivity index (χ0) is 11.1. The van der Waals surface area contributed by atoms with E-state index in [1.54, 1.807) is 25.3 Å². The maximum atomic E-state index is 12.0. The predicted octanol–water partition coefficient (Wildman–Crippen LogP) is 2.30. The molecule has 0 amide bonds. The van der Waals surface area contributed by atoms with Gasteiger partial charge in [0.25, 0.3) is 0 Å². The van der Waals surface area contributed by atoms with E-state index >= 15 is 0 Å². The lowest BCUT2D eigenvalue weighted by atomic mass is 9.83. The monoisotopic (exact) mass is 206 g/mol. The summed E-state index contributed by atoms with van der Waals surface area (Å²) in [7, 11) is 1.59. The van der Waals surface area contributed by atoms with Crippen LogP contribution in [0.2, 0.25) is 0 Å². The molecule has 1 aliphatic rings. The van der Waals surface area contributed by atoms with Crippen LogP contribution in [0.3, 0.4) is 0 Å². The molecule has 0 aliphatic carbocycles. The summed E-state index contributed by atoms with van der Waals surface area (Å²) in [5.41, 5.74) is 0.216. The molecule has 0 saturated heterocycles. The molecule has 0 spiro atoms. The van der Waals surface area contributed by atoms with Crippen molar-refractivity contribution in [3.8, 4) is 11.5 Å². The van der Waals surface area contributed by atoms with Gasteiger partial charge in [0.2, 0.25) is 0 Å². The van der Waals surface area contributed by atoms with E-state index in [0.717, 1.165) is 0 Å². The molecule has 2 rings (SSSR count). The molecule has 0 atom stereocenters. The highest BCUT2D eigenvalue weighted by Crippen LogP contribution is 2.35. The first-order valence-electron chi connectivity index (χ1n) is 4.90. The van der Waals surface area contributed by atoms with Crippen LogP contribution in [0.1, 0.15) is 24.2 Å². The van der Waals surface area contributed by atoms with Crippen molar-refractivity contribution in [1.29, 1.82) is 0 Å². The third kappa shape index (κ3) is 1.58. The summed E-state index contributed by atoms with van der Waals surface area (Å²) in [6, 6.07) is 5.29. The molecule has 3 heteroatoms. The topological polar surface area (TPSA) is 35.5 Å². The Labute approximate surface area is 89.0 Å². The van der Waals surface area contributed by atoms with Gasteiger partial charge in [0.1, 0.15) is 18.1 Å². The van der Waals surface area contributed by atoms with Crippen molar-refractivity contribution in [3.05, 3.63) is 23.8 Å². The number of rotatable bonds is 1. The van der Waals surface area contributed by atoms with Crippen molar-refractivity contribution in [1.82, 2.24) is 0 Å². The molecular formula is C12H14O3. The molecule has 1 aromatic carbocycles. The molecule has 0 saturated carbocycles. The average Bonchev–Trinajstić information content (AvgIpc) is 2.23. The van der Waals surface area contributed by atoms with E-state index in [2.05, 4.69) is 0 Å². The van der Waals surface area contributed by atoms with Gasteiger partial charge < -0.3 is 9.47 Å². The van der Waals surface area contributed by atoms with E-state index in [4.69, 9.17) is 9.47 Å². The lowest BCUT2D eigenvalue weighted by Crippen LogP contribution is -2.35. The molecule has 0 fully saturated rings. The van der Waals surface area contributed by atoms with Crippen LogP contribution in [0.5, 0.6) is 11.5 Å². The predicted molar refractivity (Wildman–Crippen MR) is 56.6 cm³/mol. The molecule has 80 valence electrons. The molecule has 1 heterocycles. The summed E-state index contributed by atoms with van der Waals surface area (Å²) in [5, 5.41) is 0. The molecule has 0 N–H and O–H groups in total. The second kappa shape index (κ2) is 3.26. The second-order valence-corrected chi connectivity index (χ2v) is 4.36. The number of carbonyl (C=O) groups excluding carboxylic acids is 1. The SMILES string of the molecule is COc1ccc2c(c1)OCC(C)(C)C2=O. The highest BCUT2D eigenvalue weighted by molar-refractivity contribution is 6.03. The first-order chi connectivity index (χ1) is 7.04. The fraction of sp³-hybridized carbons (Fsp3) is 0.417. The molecule has 0 unspecified atom stereocenters. The molecule has 0 aromatic heterocycles. The van der Waals surface area contributed by atoms with Crippen LogP contribution in [-0.4, -0.2) is 19.5 Å². The minimum atomic E-state index is -0.429. The summed E-state index contributed by atoms with van der Waals surface area (Å²) in [6.07, 6.45) is 0. The maximum Gasteiger partial charge on any atom is 0.175 e. The summed E-state index contributed by atoms with van der Waals surface area (Å²) in [6.45, 7) is 4.21. The van der Waals surface area contributed by atoms with Crippen molar-refractivity contribution in [2.45, 2.75) is 13.8 Å². The Kier molecular flexibility index (Phi) is 2.18.